The first-order valence-corrected chi connectivity index (χ1v) is 7.52. The van der Waals surface area contributed by atoms with E-state index in [9.17, 15) is 9.18 Å². The average molecular weight is 291 g/mol. The number of benzene rings is 1. The maximum atomic E-state index is 12.5. The standard InChI is InChI=1S/C17H22FNO2/c1-3-8-19-9-7-14-10-15(5-6-16(14)17(19)20)21-12-13(4-2)11-18/h5-6,10-11H,3-4,7-9,12H2,1-2H3/b13-11-. The number of hydrogen-bond acceptors (Lipinski definition) is 2. The van der Waals surface area contributed by atoms with Crippen LogP contribution in [0, 0.1) is 0 Å². The summed E-state index contributed by atoms with van der Waals surface area (Å²) in [5.41, 5.74) is 2.41. The van der Waals surface area contributed by atoms with Crippen molar-refractivity contribution in [3.05, 3.63) is 41.2 Å². The highest BCUT2D eigenvalue weighted by Crippen LogP contribution is 2.24. The summed E-state index contributed by atoms with van der Waals surface area (Å²) in [6, 6.07) is 5.51. The predicted molar refractivity (Wildman–Crippen MR) is 81.3 cm³/mol. The number of nitrogens with zero attached hydrogens (tertiary/aromatic N) is 1. The van der Waals surface area contributed by atoms with Gasteiger partial charge in [0.15, 0.2) is 0 Å². The quantitative estimate of drug-likeness (QED) is 0.799. The summed E-state index contributed by atoms with van der Waals surface area (Å²) in [4.78, 5) is 14.2. The van der Waals surface area contributed by atoms with Crippen LogP contribution < -0.4 is 4.74 Å². The number of amides is 1. The summed E-state index contributed by atoms with van der Waals surface area (Å²) < 4.78 is 18.1. The van der Waals surface area contributed by atoms with Crippen molar-refractivity contribution in [1.29, 1.82) is 0 Å². The molecule has 21 heavy (non-hydrogen) atoms. The zero-order valence-electron chi connectivity index (χ0n) is 12.7. The maximum Gasteiger partial charge on any atom is 0.254 e. The van der Waals surface area contributed by atoms with Gasteiger partial charge in [-0.25, -0.2) is 4.39 Å². The van der Waals surface area contributed by atoms with E-state index in [0.717, 1.165) is 37.1 Å². The molecule has 0 N–H and O–H groups in total. The van der Waals surface area contributed by atoms with E-state index in [1.165, 1.54) is 0 Å². The van der Waals surface area contributed by atoms with Crippen LogP contribution in [0.15, 0.2) is 30.1 Å². The van der Waals surface area contributed by atoms with Crippen LogP contribution in [-0.2, 0) is 6.42 Å². The molecule has 1 aromatic rings. The third kappa shape index (κ3) is 3.63. The normalized spacial score (nSPS) is 15.1. The molecule has 0 atom stereocenters. The minimum atomic E-state index is 0.0996. The van der Waals surface area contributed by atoms with Crippen molar-refractivity contribution in [2.45, 2.75) is 33.1 Å². The monoisotopic (exact) mass is 291 g/mol. The third-order valence-electron chi connectivity index (χ3n) is 3.77. The summed E-state index contributed by atoms with van der Waals surface area (Å²) >= 11 is 0. The van der Waals surface area contributed by atoms with Gasteiger partial charge in [0.05, 0.1) is 6.33 Å². The lowest BCUT2D eigenvalue weighted by Crippen LogP contribution is -2.37. The molecule has 0 unspecified atom stereocenters. The van der Waals surface area contributed by atoms with Crippen LogP contribution in [0.4, 0.5) is 4.39 Å². The highest BCUT2D eigenvalue weighted by molar-refractivity contribution is 5.96. The Morgan fingerprint density at radius 3 is 2.90 bits per heavy atom. The van der Waals surface area contributed by atoms with Crippen LogP contribution in [0.25, 0.3) is 0 Å². The van der Waals surface area contributed by atoms with Crippen LogP contribution in [0.3, 0.4) is 0 Å². The van der Waals surface area contributed by atoms with Gasteiger partial charge in [0.25, 0.3) is 5.91 Å². The molecule has 0 fully saturated rings. The second-order valence-electron chi connectivity index (χ2n) is 5.27. The molecule has 1 aliphatic heterocycles. The zero-order chi connectivity index (χ0) is 15.2. The Hall–Kier alpha value is -1.84. The van der Waals surface area contributed by atoms with Crippen molar-refractivity contribution in [2.75, 3.05) is 19.7 Å². The highest BCUT2D eigenvalue weighted by Gasteiger charge is 2.23. The molecule has 1 aliphatic rings. The van der Waals surface area contributed by atoms with Gasteiger partial charge in [0.1, 0.15) is 12.4 Å². The Morgan fingerprint density at radius 1 is 1.43 bits per heavy atom. The van der Waals surface area contributed by atoms with Gasteiger partial charge in [-0.2, -0.15) is 0 Å². The van der Waals surface area contributed by atoms with Crippen molar-refractivity contribution in [1.82, 2.24) is 4.90 Å². The first-order valence-electron chi connectivity index (χ1n) is 7.52. The first kappa shape index (κ1) is 15.5. The molecule has 3 nitrogen and oxygen atoms in total. The van der Waals surface area contributed by atoms with Gasteiger partial charge in [0, 0.05) is 18.7 Å². The first-order chi connectivity index (χ1) is 10.2. The molecule has 4 heteroatoms. The lowest BCUT2D eigenvalue weighted by Gasteiger charge is -2.28. The minimum Gasteiger partial charge on any atom is -0.489 e. The summed E-state index contributed by atoms with van der Waals surface area (Å²) in [5.74, 6) is 0.792. The topological polar surface area (TPSA) is 29.5 Å². The van der Waals surface area contributed by atoms with Crippen LogP contribution in [0.2, 0.25) is 0 Å². The fraction of sp³-hybridized carbons (Fsp3) is 0.471. The molecule has 0 spiro atoms. The number of ether oxygens (including phenoxy) is 1. The maximum absolute atomic E-state index is 12.5. The Morgan fingerprint density at radius 2 is 2.24 bits per heavy atom. The van der Waals surface area contributed by atoms with E-state index in [2.05, 4.69) is 6.92 Å². The Balaban J connectivity index is 2.09. The predicted octanol–water partition coefficient (Wildman–Crippen LogP) is 3.74. The summed E-state index contributed by atoms with van der Waals surface area (Å²) in [5, 5.41) is 0. The van der Waals surface area contributed by atoms with Gasteiger partial charge in [0.2, 0.25) is 0 Å². The summed E-state index contributed by atoms with van der Waals surface area (Å²) in [6.07, 6.45) is 3.05. The number of fused-ring (bicyclic) bond motifs is 1. The largest absolute Gasteiger partial charge is 0.489 e. The van der Waals surface area contributed by atoms with E-state index in [1.807, 2.05) is 24.0 Å². The molecular formula is C17H22FNO2. The van der Waals surface area contributed by atoms with Crippen molar-refractivity contribution < 1.29 is 13.9 Å². The molecule has 1 aromatic carbocycles. The molecule has 0 saturated heterocycles. The highest BCUT2D eigenvalue weighted by atomic mass is 19.1. The molecule has 0 saturated carbocycles. The SMILES string of the molecule is CCCN1CCc2cc(OC/C(=C\F)CC)ccc2C1=O. The number of carbonyl (C=O) groups is 1. The second kappa shape index (κ2) is 7.25. The fourth-order valence-corrected chi connectivity index (χ4v) is 2.47. The van der Waals surface area contributed by atoms with Crippen molar-refractivity contribution in [3.63, 3.8) is 0 Å². The van der Waals surface area contributed by atoms with Crippen LogP contribution in [-0.4, -0.2) is 30.5 Å². The lowest BCUT2D eigenvalue weighted by atomic mass is 9.98. The molecule has 1 heterocycles. The molecule has 114 valence electrons. The van der Waals surface area contributed by atoms with Gasteiger partial charge in [-0.3, -0.25) is 4.79 Å². The van der Waals surface area contributed by atoms with Crippen LogP contribution >= 0.6 is 0 Å². The Labute approximate surface area is 125 Å². The number of carbonyl (C=O) groups excluding carboxylic acids is 1. The van der Waals surface area contributed by atoms with Gasteiger partial charge in [-0.05, 0) is 48.6 Å². The van der Waals surface area contributed by atoms with Crippen LogP contribution in [0.1, 0.15) is 42.6 Å². The zero-order valence-corrected chi connectivity index (χ0v) is 12.7. The van der Waals surface area contributed by atoms with E-state index in [-0.39, 0.29) is 12.5 Å². The number of halogens is 1. The van der Waals surface area contributed by atoms with Gasteiger partial charge < -0.3 is 9.64 Å². The number of hydrogen-bond donors (Lipinski definition) is 0. The Kier molecular flexibility index (Phi) is 5.37. The van der Waals surface area contributed by atoms with Gasteiger partial charge >= 0.3 is 0 Å². The smallest absolute Gasteiger partial charge is 0.254 e. The van der Waals surface area contributed by atoms with E-state index in [4.69, 9.17) is 4.74 Å². The Bertz CT molecular complexity index is 540. The van der Waals surface area contributed by atoms with Gasteiger partial charge in [-0.15, -0.1) is 0 Å². The molecule has 0 aromatic heterocycles. The van der Waals surface area contributed by atoms with Crippen molar-refractivity contribution in [2.24, 2.45) is 0 Å². The van der Waals surface area contributed by atoms with Crippen molar-refractivity contribution >= 4 is 5.91 Å². The molecule has 0 bridgehead atoms. The molecule has 0 radical (unpaired) electrons. The van der Waals surface area contributed by atoms with Crippen LogP contribution in [0.5, 0.6) is 5.75 Å². The average Bonchev–Trinajstić information content (AvgIpc) is 2.51. The fourth-order valence-electron chi connectivity index (χ4n) is 2.47. The number of rotatable bonds is 6. The molecular weight excluding hydrogens is 269 g/mol. The summed E-state index contributed by atoms with van der Waals surface area (Å²) in [7, 11) is 0. The van der Waals surface area contributed by atoms with Crippen molar-refractivity contribution in [3.8, 4) is 5.75 Å². The molecule has 1 amide bonds. The summed E-state index contributed by atoms with van der Waals surface area (Å²) in [6.45, 7) is 5.78. The lowest BCUT2D eigenvalue weighted by molar-refractivity contribution is 0.0740. The molecule has 2 rings (SSSR count). The van der Waals surface area contributed by atoms with E-state index >= 15 is 0 Å². The van der Waals surface area contributed by atoms with E-state index < -0.39 is 0 Å². The minimum absolute atomic E-state index is 0.0996. The van der Waals surface area contributed by atoms with E-state index in [0.29, 0.717) is 24.1 Å². The molecule has 0 aliphatic carbocycles. The van der Waals surface area contributed by atoms with E-state index in [1.54, 1.807) is 6.07 Å². The second-order valence-corrected chi connectivity index (χ2v) is 5.27. The van der Waals surface area contributed by atoms with Gasteiger partial charge in [-0.1, -0.05) is 13.8 Å². The third-order valence-corrected chi connectivity index (χ3v) is 3.77.